The van der Waals surface area contributed by atoms with E-state index in [1.165, 1.54) is 11.1 Å². The van der Waals surface area contributed by atoms with Gasteiger partial charge in [-0.25, -0.2) is 0 Å². The summed E-state index contributed by atoms with van der Waals surface area (Å²) in [6, 6.07) is 16.6. The Bertz CT molecular complexity index is 597. The Balaban J connectivity index is 2.50. The molecule has 112 valence electrons. The van der Waals surface area contributed by atoms with Gasteiger partial charge in [0, 0.05) is 11.6 Å². The molecule has 21 heavy (non-hydrogen) atoms. The van der Waals surface area contributed by atoms with Gasteiger partial charge in [0.05, 0.1) is 0 Å². The van der Waals surface area contributed by atoms with E-state index in [0.29, 0.717) is 5.92 Å². The van der Waals surface area contributed by atoms with Gasteiger partial charge in [0.1, 0.15) is 6.26 Å². The topological polar surface area (TPSA) is 23.1 Å². The number of hydrogen-bond acceptors (Lipinski definition) is 1. The summed E-state index contributed by atoms with van der Waals surface area (Å²) in [5, 5.41) is 0. The van der Waals surface area contributed by atoms with Crippen molar-refractivity contribution < 1.29 is 4.55 Å². The van der Waals surface area contributed by atoms with Crippen molar-refractivity contribution in [3.8, 4) is 11.1 Å². The van der Waals surface area contributed by atoms with Gasteiger partial charge in [-0.3, -0.25) is 0 Å². The SMILES string of the molecule is CC(c1ccc(-c2ccccc2)cc1[S+](C)[O-])C(C)(C)C. The van der Waals surface area contributed by atoms with Gasteiger partial charge in [-0.1, -0.05) is 70.2 Å². The highest BCUT2D eigenvalue weighted by atomic mass is 32.2. The molecular formula is C19H24OS. The van der Waals surface area contributed by atoms with Crippen LogP contribution in [-0.4, -0.2) is 10.8 Å². The van der Waals surface area contributed by atoms with E-state index in [9.17, 15) is 4.55 Å². The Morgan fingerprint density at radius 2 is 1.57 bits per heavy atom. The van der Waals surface area contributed by atoms with Crippen molar-refractivity contribution in [3.05, 3.63) is 54.1 Å². The van der Waals surface area contributed by atoms with E-state index in [2.05, 4.69) is 58.0 Å². The van der Waals surface area contributed by atoms with Crippen LogP contribution in [0.2, 0.25) is 0 Å². The normalized spacial score (nSPS) is 14.8. The van der Waals surface area contributed by atoms with Crippen LogP contribution in [0.15, 0.2) is 53.4 Å². The summed E-state index contributed by atoms with van der Waals surface area (Å²) in [5.74, 6) is 0.362. The lowest BCUT2D eigenvalue weighted by Gasteiger charge is -2.29. The van der Waals surface area contributed by atoms with Gasteiger partial charge in [0.25, 0.3) is 0 Å². The fraction of sp³-hybridized carbons (Fsp3) is 0.368. The van der Waals surface area contributed by atoms with Crippen LogP contribution in [0.1, 0.15) is 39.2 Å². The van der Waals surface area contributed by atoms with Gasteiger partial charge in [-0.15, -0.1) is 0 Å². The summed E-state index contributed by atoms with van der Waals surface area (Å²) in [6.07, 6.45) is 1.77. The van der Waals surface area contributed by atoms with Gasteiger partial charge in [-0.2, -0.15) is 0 Å². The number of rotatable bonds is 3. The lowest BCUT2D eigenvalue weighted by Crippen LogP contribution is -2.18. The largest absolute Gasteiger partial charge is 0.612 e. The van der Waals surface area contributed by atoms with E-state index >= 15 is 0 Å². The van der Waals surface area contributed by atoms with Crippen LogP contribution in [0.4, 0.5) is 0 Å². The van der Waals surface area contributed by atoms with Gasteiger partial charge >= 0.3 is 0 Å². The van der Waals surface area contributed by atoms with E-state index in [4.69, 9.17) is 0 Å². The van der Waals surface area contributed by atoms with Crippen LogP contribution < -0.4 is 0 Å². The molecule has 0 N–H and O–H groups in total. The van der Waals surface area contributed by atoms with Crippen molar-refractivity contribution in [1.29, 1.82) is 0 Å². The summed E-state index contributed by atoms with van der Waals surface area (Å²) in [4.78, 5) is 0.957. The first kappa shape index (κ1) is 16.1. The van der Waals surface area contributed by atoms with Crippen molar-refractivity contribution in [1.82, 2.24) is 0 Å². The van der Waals surface area contributed by atoms with Crippen molar-refractivity contribution in [2.75, 3.05) is 6.26 Å². The molecule has 2 unspecified atom stereocenters. The third-order valence-electron chi connectivity index (χ3n) is 4.20. The first-order valence-electron chi connectivity index (χ1n) is 7.33. The van der Waals surface area contributed by atoms with Gasteiger partial charge in [-0.05, 0) is 33.6 Å². The average molecular weight is 300 g/mol. The maximum absolute atomic E-state index is 12.2. The van der Waals surface area contributed by atoms with Gasteiger partial charge in [0.15, 0.2) is 4.90 Å². The molecule has 2 rings (SSSR count). The third-order valence-corrected chi connectivity index (χ3v) is 5.17. The maximum atomic E-state index is 12.2. The zero-order valence-corrected chi connectivity index (χ0v) is 14.3. The summed E-state index contributed by atoms with van der Waals surface area (Å²) in [6.45, 7) is 8.90. The minimum Gasteiger partial charge on any atom is -0.612 e. The molecule has 2 aromatic carbocycles. The second-order valence-corrected chi connectivity index (χ2v) is 8.01. The smallest absolute Gasteiger partial charge is 0.156 e. The monoisotopic (exact) mass is 300 g/mol. The summed E-state index contributed by atoms with van der Waals surface area (Å²) in [7, 11) is 0. The molecule has 0 aromatic heterocycles. The fourth-order valence-corrected chi connectivity index (χ4v) is 3.29. The molecule has 0 saturated heterocycles. The molecule has 2 heteroatoms. The molecule has 0 fully saturated rings. The Hall–Kier alpha value is -1.25. The molecule has 1 nitrogen and oxygen atoms in total. The molecule has 0 amide bonds. The van der Waals surface area contributed by atoms with Crippen LogP contribution >= 0.6 is 0 Å². The van der Waals surface area contributed by atoms with E-state index < -0.39 is 11.2 Å². The molecule has 0 saturated carbocycles. The average Bonchev–Trinajstić information content (AvgIpc) is 2.45. The van der Waals surface area contributed by atoms with Crippen molar-refractivity contribution in [3.63, 3.8) is 0 Å². The fourth-order valence-electron chi connectivity index (χ4n) is 2.42. The van der Waals surface area contributed by atoms with E-state index in [1.54, 1.807) is 6.26 Å². The highest BCUT2D eigenvalue weighted by molar-refractivity contribution is 7.90. The maximum Gasteiger partial charge on any atom is 0.156 e. The first-order chi connectivity index (χ1) is 9.80. The van der Waals surface area contributed by atoms with E-state index in [1.807, 2.05) is 18.2 Å². The van der Waals surface area contributed by atoms with Crippen LogP contribution in [0.25, 0.3) is 11.1 Å². The quantitative estimate of drug-likeness (QED) is 0.711. The summed E-state index contributed by atoms with van der Waals surface area (Å²) >= 11 is -0.980. The second-order valence-electron chi connectivity index (χ2n) is 6.66. The minimum absolute atomic E-state index is 0.155. The zero-order valence-electron chi connectivity index (χ0n) is 13.5. The Kier molecular flexibility index (Phi) is 4.80. The highest BCUT2D eigenvalue weighted by Crippen LogP contribution is 2.38. The molecule has 2 atom stereocenters. The molecule has 0 radical (unpaired) electrons. The predicted octanol–water partition coefficient (Wildman–Crippen LogP) is 5.24. The standard InChI is InChI=1S/C19H24OS/c1-14(19(2,3)4)17-12-11-16(13-18(17)21(5)20)15-9-7-6-8-10-15/h6-14H,1-5H3. The molecule has 0 aliphatic carbocycles. The van der Waals surface area contributed by atoms with Crippen LogP contribution in [0, 0.1) is 5.41 Å². The van der Waals surface area contributed by atoms with Crippen LogP contribution in [0.5, 0.6) is 0 Å². The van der Waals surface area contributed by atoms with Crippen LogP contribution in [-0.2, 0) is 11.2 Å². The van der Waals surface area contributed by atoms with Crippen molar-refractivity contribution in [2.45, 2.75) is 38.5 Å². The Morgan fingerprint density at radius 1 is 0.952 bits per heavy atom. The molecule has 0 spiro atoms. The number of hydrogen-bond donors (Lipinski definition) is 0. The van der Waals surface area contributed by atoms with Gasteiger partial charge in [0.2, 0.25) is 0 Å². The van der Waals surface area contributed by atoms with E-state index in [0.717, 1.165) is 10.5 Å². The van der Waals surface area contributed by atoms with Crippen LogP contribution in [0.3, 0.4) is 0 Å². The summed E-state index contributed by atoms with van der Waals surface area (Å²) < 4.78 is 12.2. The first-order valence-corrected chi connectivity index (χ1v) is 8.89. The third kappa shape index (κ3) is 3.69. The Labute approximate surface area is 131 Å². The molecule has 0 bridgehead atoms. The lowest BCUT2D eigenvalue weighted by atomic mass is 9.77. The molecule has 0 aliphatic rings. The van der Waals surface area contributed by atoms with E-state index in [-0.39, 0.29) is 5.41 Å². The molecule has 2 aromatic rings. The van der Waals surface area contributed by atoms with Gasteiger partial charge < -0.3 is 4.55 Å². The van der Waals surface area contributed by atoms with Crippen molar-refractivity contribution in [2.24, 2.45) is 5.41 Å². The summed E-state index contributed by atoms with van der Waals surface area (Å²) in [5.41, 5.74) is 3.65. The second kappa shape index (κ2) is 6.25. The Morgan fingerprint density at radius 3 is 2.10 bits per heavy atom. The highest BCUT2D eigenvalue weighted by Gasteiger charge is 2.27. The molecule has 0 heterocycles. The lowest BCUT2D eigenvalue weighted by molar-refractivity contribution is 0.336. The van der Waals surface area contributed by atoms with Crippen molar-refractivity contribution >= 4 is 11.2 Å². The predicted molar refractivity (Wildman–Crippen MR) is 92.1 cm³/mol. The molecular weight excluding hydrogens is 276 g/mol. The zero-order chi connectivity index (χ0) is 15.6. The molecule has 0 aliphatic heterocycles. The number of benzene rings is 2. The minimum atomic E-state index is -0.980.